The van der Waals surface area contributed by atoms with Crippen LogP contribution in [0.3, 0.4) is 0 Å². The van der Waals surface area contributed by atoms with E-state index >= 15 is 0 Å². The van der Waals surface area contributed by atoms with Gasteiger partial charge < -0.3 is 15.2 Å². The van der Waals surface area contributed by atoms with Crippen molar-refractivity contribution in [3.05, 3.63) is 0 Å². The maximum atomic E-state index is 11.6. The van der Waals surface area contributed by atoms with Crippen molar-refractivity contribution in [2.24, 2.45) is 5.41 Å². The van der Waals surface area contributed by atoms with Gasteiger partial charge in [-0.25, -0.2) is 0 Å². The van der Waals surface area contributed by atoms with Crippen LogP contribution in [-0.4, -0.2) is 36.9 Å². The molecule has 0 aromatic heterocycles. The van der Waals surface area contributed by atoms with Gasteiger partial charge in [0.25, 0.3) is 0 Å². The van der Waals surface area contributed by atoms with Crippen LogP contribution in [0.2, 0.25) is 0 Å². The lowest BCUT2D eigenvalue weighted by molar-refractivity contribution is -0.130. The van der Waals surface area contributed by atoms with E-state index in [1.54, 1.807) is 0 Å². The molecule has 1 aliphatic heterocycles. The molecule has 2 fully saturated rings. The van der Waals surface area contributed by atoms with Crippen LogP contribution in [0.25, 0.3) is 0 Å². The number of rotatable bonds is 5. The highest BCUT2D eigenvalue weighted by atomic mass is 16.5. The first-order valence-electron chi connectivity index (χ1n) is 5.76. The number of ether oxygens (including phenoxy) is 1. The average Bonchev–Trinajstić information content (AvgIpc) is 2.81. The summed E-state index contributed by atoms with van der Waals surface area (Å²) in [4.78, 5) is 11.6. The highest BCUT2D eigenvalue weighted by molar-refractivity contribution is 5.81. The van der Waals surface area contributed by atoms with Crippen molar-refractivity contribution in [3.63, 3.8) is 0 Å². The van der Waals surface area contributed by atoms with Gasteiger partial charge in [0.2, 0.25) is 5.91 Å². The van der Waals surface area contributed by atoms with Crippen LogP contribution in [0, 0.1) is 5.41 Å². The zero-order valence-corrected chi connectivity index (χ0v) is 9.00. The Morgan fingerprint density at radius 3 is 2.87 bits per heavy atom. The number of carbonyl (C=O) groups excluding carboxylic acids is 1. The number of aliphatic hydroxyl groups excluding tert-OH is 1. The summed E-state index contributed by atoms with van der Waals surface area (Å²) in [5.74, 6) is 0.0247. The second-order valence-corrected chi connectivity index (χ2v) is 4.69. The zero-order chi connectivity index (χ0) is 10.7. The van der Waals surface area contributed by atoms with E-state index in [1.165, 1.54) is 0 Å². The number of amides is 1. The monoisotopic (exact) mass is 213 g/mol. The lowest BCUT2D eigenvalue weighted by Crippen LogP contribution is -2.37. The van der Waals surface area contributed by atoms with Crippen molar-refractivity contribution in [3.8, 4) is 0 Å². The van der Waals surface area contributed by atoms with Crippen LogP contribution in [0.4, 0.5) is 0 Å². The molecule has 1 saturated heterocycles. The van der Waals surface area contributed by atoms with Crippen molar-refractivity contribution in [1.82, 2.24) is 5.32 Å². The predicted octanol–water partition coefficient (Wildman–Crippen LogP) is 0.444. The van der Waals surface area contributed by atoms with Gasteiger partial charge in [0.05, 0.1) is 0 Å². The molecule has 1 atom stereocenters. The van der Waals surface area contributed by atoms with Crippen molar-refractivity contribution in [2.75, 3.05) is 19.8 Å². The lowest BCUT2D eigenvalue weighted by atomic mass is 10.0. The first-order chi connectivity index (χ1) is 7.26. The first kappa shape index (κ1) is 10.9. The van der Waals surface area contributed by atoms with Gasteiger partial charge in [-0.15, -0.1) is 0 Å². The Balaban J connectivity index is 1.70. The Labute approximate surface area is 90.0 Å². The fourth-order valence-electron chi connectivity index (χ4n) is 2.10. The van der Waals surface area contributed by atoms with Crippen molar-refractivity contribution >= 4 is 5.91 Å². The van der Waals surface area contributed by atoms with Crippen LogP contribution >= 0.6 is 0 Å². The Morgan fingerprint density at radius 1 is 1.53 bits per heavy atom. The smallest absolute Gasteiger partial charge is 0.249 e. The van der Waals surface area contributed by atoms with Gasteiger partial charge in [0.1, 0.15) is 6.10 Å². The third-order valence-electron chi connectivity index (χ3n) is 3.46. The quantitative estimate of drug-likeness (QED) is 0.697. The molecule has 0 spiro atoms. The van der Waals surface area contributed by atoms with E-state index in [0.29, 0.717) is 13.2 Å². The van der Waals surface area contributed by atoms with Gasteiger partial charge in [-0.05, 0) is 37.5 Å². The second-order valence-electron chi connectivity index (χ2n) is 4.69. The Kier molecular flexibility index (Phi) is 3.26. The van der Waals surface area contributed by atoms with E-state index < -0.39 is 0 Å². The normalized spacial score (nSPS) is 27.7. The molecule has 0 aromatic carbocycles. The second kappa shape index (κ2) is 4.49. The summed E-state index contributed by atoms with van der Waals surface area (Å²) >= 11 is 0. The molecule has 1 amide bonds. The zero-order valence-electron chi connectivity index (χ0n) is 9.00. The Morgan fingerprint density at radius 2 is 2.33 bits per heavy atom. The first-order valence-corrected chi connectivity index (χ1v) is 5.76. The Hall–Kier alpha value is -0.610. The fourth-order valence-corrected chi connectivity index (χ4v) is 2.10. The summed E-state index contributed by atoms with van der Waals surface area (Å²) in [6.07, 6.45) is 4.66. The fraction of sp³-hybridized carbons (Fsp3) is 0.909. The summed E-state index contributed by atoms with van der Waals surface area (Å²) in [6, 6.07) is 0. The minimum atomic E-state index is -0.227. The molecule has 15 heavy (non-hydrogen) atoms. The third kappa shape index (κ3) is 2.69. The van der Waals surface area contributed by atoms with Gasteiger partial charge in [-0.2, -0.15) is 0 Å². The summed E-state index contributed by atoms with van der Waals surface area (Å²) in [7, 11) is 0. The SMILES string of the molecule is O=C(NCC1(CCO)CC1)C1CCCO1. The van der Waals surface area contributed by atoms with Crippen molar-refractivity contribution in [2.45, 2.75) is 38.2 Å². The van der Waals surface area contributed by atoms with Gasteiger partial charge in [-0.3, -0.25) is 4.79 Å². The van der Waals surface area contributed by atoms with Crippen LogP contribution in [0.5, 0.6) is 0 Å². The van der Waals surface area contributed by atoms with Crippen molar-refractivity contribution < 1.29 is 14.6 Å². The molecular weight excluding hydrogens is 194 g/mol. The maximum Gasteiger partial charge on any atom is 0.249 e. The van der Waals surface area contributed by atoms with E-state index in [1.807, 2.05) is 0 Å². The largest absolute Gasteiger partial charge is 0.396 e. The molecule has 0 aromatic rings. The van der Waals surface area contributed by atoms with Gasteiger partial charge >= 0.3 is 0 Å². The van der Waals surface area contributed by atoms with Crippen LogP contribution in [-0.2, 0) is 9.53 Å². The standard InChI is InChI=1S/C11H19NO3/c13-6-5-11(3-4-11)8-12-10(14)9-2-1-7-15-9/h9,13H,1-8H2,(H,12,14). The highest BCUT2D eigenvalue weighted by Gasteiger charge is 2.42. The minimum absolute atomic E-state index is 0.0247. The molecule has 4 nitrogen and oxygen atoms in total. The molecule has 1 aliphatic carbocycles. The number of nitrogens with one attached hydrogen (secondary N) is 1. The van der Waals surface area contributed by atoms with Gasteiger partial charge in [-0.1, -0.05) is 0 Å². The average molecular weight is 213 g/mol. The molecule has 0 radical (unpaired) electrons. The Bertz CT molecular complexity index is 232. The molecular formula is C11H19NO3. The molecule has 1 unspecified atom stereocenters. The summed E-state index contributed by atoms with van der Waals surface area (Å²) in [6.45, 7) is 1.63. The number of aliphatic hydroxyl groups is 1. The maximum absolute atomic E-state index is 11.6. The van der Waals surface area contributed by atoms with E-state index in [-0.39, 0.29) is 24.0 Å². The molecule has 2 aliphatic rings. The minimum Gasteiger partial charge on any atom is -0.396 e. The topological polar surface area (TPSA) is 58.6 Å². The molecule has 0 bridgehead atoms. The van der Waals surface area contributed by atoms with Crippen LogP contribution in [0.15, 0.2) is 0 Å². The van der Waals surface area contributed by atoms with Gasteiger partial charge in [0, 0.05) is 19.8 Å². The number of hydrogen-bond acceptors (Lipinski definition) is 3. The molecule has 1 saturated carbocycles. The third-order valence-corrected chi connectivity index (χ3v) is 3.46. The molecule has 86 valence electrons. The molecule has 2 N–H and O–H groups in total. The van der Waals surface area contributed by atoms with Crippen LogP contribution < -0.4 is 5.32 Å². The van der Waals surface area contributed by atoms with Crippen molar-refractivity contribution in [1.29, 1.82) is 0 Å². The summed E-state index contributed by atoms with van der Waals surface area (Å²) in [5, 5.41) is 11.8. The van der Waals surface area contributed by atoms with E-state index in [9.17, 15) is 4.79 Å². The van der Waals surface area contributed by atoms with E-state index in [4.69, 9.17) is 9.84 Å². The van der Waals surface area contributed by atoms with E-state index in [0.717, 1.165) is 32.1 Å². The van der Waals surface area contributed by atoms with Gasteiger partial charge in [0.15, 0.2) is 0 Å². The lowest BCUT2D eigenvalue weighted by Gasteiger charge is -2.16. The van der Waals surface area contributed by atoms with Crippen LogP contribution in [0.1, 0.15) is 32.1 Å². The number of carbonyl (C=O) groups is 1. The molecule has 2 rings (SSSR count). The predicted molar refractivity (Wildman–Crippen MR) is 55.4 cm³/mol. The van der Waals surface area contributed by atoms with E-state index in [2.05, 4.69) is 5.32 Å². The number of hydrogen-bond donors (Lipinski definition) is 2. The summed E-state index contributed by atoms with van der Waals surface area (Å²) < 4.78 is 5.30. The molecule has 1 heterocycles. The molecule has 4 heteroatoms. The summed E-state index contributed by atoms with van der Waals surface area (Å²) in [5.41, 5.74) is 0.197. The highest BCUT2D eigenvalue weighted by Crippen LogP contribution is 2.47.